The summed E-state index contributed by atoms with van der Waals surface area (Å²) in [5.74, 6) is 0.446. The van der Waals surface area contributed by atoms with Gasteiger partial charge in [0.15, 0.2) is 0 Å². The van der Waals surface area contributed by atoms with Crippen LogP contribution in [-0.4, -0.2) is 41.8 Å². The van der Waals surface area contributed by atoms with Crippen LogP contribution in [0.5, 0.6) is 0 Å². The molecule has 2 rings (SSSR count). The van der Waals surface area contributed by atoms with Crippen molar-refractivity contribution in [2.45, 2.75) is 18.4 Å². The van der Waals surface area contributed by atoms with E-state index < -0.39 is 5.60 Å². The van der Waals surface area contributed by atoms with E-state index in [0.717, 1.165) is 26.1 Å². The number of rotatable bonds is 1. The summed E-state index contributed by atoms with van der Waals surface area (Å²) in [6.45, 7) is 3.44. The van der Waals surface area contributed by atoms with Crippen molar-refractivity contribution in [1.82, 2.24) is 4.90 Å². The second kappa shape index (κ2) is 2.44. The Morgan fingerprint density at radius 3 is 3.09 bits per heavy atom. The van der Waals surface area contributed by atoms with E-state index in [4.69, 9.17) is 5.73 Å². The number of piperidine rings is 1. The van der Waals surface area contributed by atoms with Gasteiger partial charge in [-0.1, -0.05) is 0 Å². The molecule has 2 fully saturated rings. The quantitative estimate of drug-likeness (QED) is 0.533. The molecule has 0 aromatic heterocycles. The highest BCUT2D eigenvalue weighted by atomic mass is 16.3. The second-order valence-corrected chi connectivity index (χ2v) is 3.88. The van der Waals surface area contributed by atoms with Crippen LogP contribution < -0.4 is 5.73 Å². The number of fused-ring (bicyclic) bond motifs is 2. The first-order valence-electron chi connectivity index (χ1n) is 4.39. The van der Waals surface area contributed by atoms with E-state index >= 15 is 0 Å². The number of hydrogen-bond donors (Lipinski definition) is 2. The smallest absolute Gasteiger partial charge is 0.0935 e. The third-order valence-electron chi connectivity index (χ3n) is 3.12. The summed E-state index contributed by atoms with van der Waals surface area (Å²) in [5, 5.41) is 10.0. The Labute approximate surface area is 67.2 Å². The third kappa shape index (κ3) is 1.08. The molecule has 2 aliphatic heterocycles. The summed E-state index contributed by atoms with van der Waals surface area (Å²) in [7, 11) is 0. The van der Waals surface area contributed by atoms with Crippen molar-refractivity contribution in [2.24, 2.45) is 11.7 Å². The van der Waals surface area contributed by atoms with E-state index in [1.165, 1.54) is 6.42 Å². The predicted octanol–water partition coefficient (Wildman–Crippen LogP) is -0.598. The van der Waals surface area contributed by atoms with Crippen LogP contribution in [0.3, 0.4) is 0 Å². The van der Waals surface area contributed by atoms with Crippen molar-refractivity contribution >= 4 is 0 Å². The number of aliphatic hydroxyl groups is 1. The van der Waals surface area contributed by atoms with Crippen LogP contribution in [0.2, 0.25) is 0 Å². The Kier molecular flexibility index (Phi) is 1.67. The zero-order chi connectivity index (χ0) is 7.90. The van der Waals surface area contributed by atoms with Gasteiger partial charge in [-0.3, -0.25) is 0 Å². The van der Waals surface area contributed by atoms with Crippen molar-refractivity contribution in [1.29, 1.82) is 0 Å². The van der Waals surface area contributed by atoms with Gasteiger partial charge in [-0.25, -0.2) is 0 Å². The van der Waals surface area contributed by atoms with Gasteiger partial charge < -0.3 is 15.7 Å². The first-order chi connectivity index (χ1) is 5.24. The van der Waals surface area contributed by atoms with E-state index in [-0.39, 0.29) is 0 Å². The molecule has 2 saturated heterocycles. The summed E-state index contributed by atoms with van der Waals surface area (Å²) in [6, 6.07) is 0. The summed E-state index contributed by atoms with van der Waals surface area (Å²) in [6.07, 6.45) is 2.39. The zero-order valence-corrected chi connectivity index (χ0v) is 6.79. The van der Waals surface area contributed by atoms with Crippen LogP contribution in [-0.2, 0) is 0 Å². The van der Waals surface area contributed by atoms with Crippen LogP contribution in [0.1, 0.15) is 12.8 Å². The van der Waals surface area contributed by atoms with E-state index in [1.54, 1.807) is 0 Å². The van der Waals surface area contributed by atoms with Crippen molar-refractivity contribution < 1.29 is 5.11 Å². The summed E-state index contributed by atoms with van der Waals surface area (Å²) >= 11 is 0. The van der Waals surface area contributed by atoms with Gasteiger partial charge in [0, 0.05) is 25.6 Å². The lowest BCUT2D eigenvalue weighted by Gasteiger charge is -2.26. The fraction of sp³-hybridized carbons (Fsp3) is 1.00. The molecule has 2 aliphatic rings. The molecule has 2 heterocycles. The van der Waals surface area contributed by atoms with Gasteiger partial charge in [0.2, 0.25) is 0 Å². The molecule has 0 amide bonds. The molecule has 0 spiro atoms. The van der Waals surface area contributed by atoms with Gasteiger partial charge in [-0.2, -0.15) is 0 Å². The van der Waals surface area contributed by atoms with Crippen LogP contribution in [0.25, 0.3) is 0 Å². The van der Waals surface area contributed by atoms with E-state index in [9.17, 15) is 5.11 Å². The largest absolute Gasteiger partial charge is 0.387 e. The van der Waals surface area contributed by atoms with Crippen molar-refractivity contribution in [3.8, 4) is 0 Å². The second-order valence-electron chi connectivity index (χ2n) is 3.88. The monoisotopic (exact) mass is 156 g/mol. The normalized spacial score (nSPS) is 49.6. The zero-order valence-electron chi connectivity index (χ0n) is 6.79. The standard InChI is InChI=1S/C8H16N2O/c9-5-8(11)6-10-3-1-2-7(8)4-10/h7,11H,1-6,9H2/t7-,8+/m0/s1. The Hall–Kier alpha value is -0.120. The maximum absolute atomic E-state index is 10.0. The molecule has 0 aliphatic carbocycles. The van der Waals surface area contributed by atoms with Gasteiger partial charge in [0.05, 0.1) is 5.60 Å². The maximum Gasteiger partial charge on any atom is 0.0935 e. The van der Waals surface area contributed by atoms with Crippen molar-refractivity contribution in [3.63, 3.8) is 0 Å². The minimum atomic E-state index is -0.559. The molecule has 3 nitrogen and oxygen atoms in total. The lowest BCUT2D eigenvalue weighted by Crippen LogP contribution is -2.44. The topological polar surface area (TPSA) is 49.5 Å². The van der Waals surface area contributed by atoms with Gasteiger partial charge in [0.25, 0.3) is 0 Å². The Morgan fingerprint density at radius 1 is 1.64 bits per heavy atom. The lowest BCUT2D eigenvalue weighted by molar-refractivity contribution is 0.0233. The van der Waals surface area contributed by atoms with Crippen LogP contribution >= 0.6 is 0 Å². The van der Waals surface area contributed by atoms with Gasteiger partial charge >= 0.3 is 0 Å². The number of hydrogen-bond acceptors (Lipinski definition) is 3. The fourth-order valence-corrected chi connectivity index (χ4v) is 2.39. The third-order valence-corrected chi connectivity index (χ3v) is 3.12. The number of nitrogens with zero attached hydrogens (tertiary/aromatic N) is 1. The van der Waals surface area contributed by atoms with Crippen LogP contribution in [0, 0.1) is 5.92 Å². The van der Waals surface area contributed by atoms with E-state index in [2.05, 4.69) is 4.90 Å². The molecule has 11 heavy (non-hydrogen) atoms. The molecular formula is C8H16N2O. The summed E-state index contributed by atoms with van der Waals surface area (Å²) < 4.78 is 0. The molecule has 2 bridgehead atoms. The molecule has 1 unspecified atom stereocenters. The average Bonchev–Trinajstić information content (AvgIpc) is 2.25. The Bertz CT molecular complexity index is 162. The molecule has 3 atom stereocenters. The molecule has 0 saturated carbocycles. The highest BCUT2D eigenvalue weighted by molar-refractivity contribution is 5.00. The molecule has 64 valence electrons. The highest BCUT2D eigenvalue weighted by Crippen LogP contribution is 2.34. The van der Waals surface area contributed by atoms with Crippen molar-refractivity contribution in [2.75, 3.05) is 26.2 Å². The van der Waals surface area contributed by atoms with E-state index in [0.29, 0.717) is 12.5 Å². The van der Waals surface area contributed by atoms with Gasteiger partial charge in [-0.15, -0.1) is 0 Å². The highest BCUT2D eigenvalue weighted by Gasteiger charge is 2.45. The molecule has 0 aromatic rings. The summed E-state index contributed by atoms with van der Waals surface area (Å²) in [5.41, 5.74) is 4.99. The average molecular weight is 156 g/mol. The first-order valence-corrected chi connectivity index (χ1v) is 4.39. The Morgan fingerprint density at radius 2 is 2.45 bits per heavy atom. The van der Waals surface area contributed by atoms with Gasteiger partial charge in [0.1, 0.15) is 0 Å². The first kappa shape index (κ1) is 7.53. The van der Waals surface area contributed by atoms with Gasteiger partial charge in [-0.05, 0) is 19.4 Å². The fourth-order valence-electron chi connectivity index (χ4n) is 2.39. The number of nitrogens with two attached hydrogens (primary N) is 1. The summed E-state index contributed by atoms with van der Waals surface area (Å²) in [4.78, 5) is 2.32. The molecule has 3 N–H and O–H groups in total. The molecule has 3 heteroatoms. The molecule has 0 aromatic carbocycles. The van der Waals surface area contributed by atoms with Crippen LogP contribution in [0.4, 0.5) is 0 Å². The predicted molar refractivity (Wildman–Crippen MR) is 43.2 cm³/mol. The van der Waals surface area contributed by atoms with Crippen molar-refractivity contribution in [3.05, 3.63) is 0 Å². The SMILES string of the molecule is NC[C@@]1(O)CN2CCC[C@H]1C2. The Balaban J connectivity index is 2.14. The molecular weight excluding hydrogens is 140 g/mol. The lowest BCUT2D eigenvalue weighted by atomic mass is 9.87. The minimum absolute atomic E-state index is 0.425. The van der Waals surface area contributed by atoms with E-state index in [1.807, 2.05) is 0 Å². The molecule has 0 radical (unpaired) electrons. The van der Waals surface area contributed by atoms with Crippen LogP contribution in [0.15, 0.2) is 0 Å². The minimum Gasteiger partial charge on any atom is -0.387 e. The maximum atomic E-state index is 10.0.